The maximum absolute atomic E-state index is 13.7. The lowest BCUT2D eigenvalue weighted by Gasteiger charge is -2.22. The van der Waals surface area contributed by atoms with Gasteiger partial charge in [-0.15, -0.1) is 5.10 Å². The first-order chi connectivity index (χ1) is 11.1. The molecule has 0 radical (unpaired) electrons. The normalized spacial score (nSPS) is 15.6. The second-order valence-corrected chi connectivity index (χ2v) is 5.82. The minimum absolute atomic E-state index is 0.200. The van der Waals surface area contributed by atoms with Crippen molar-refractivity contribution in [1.29, 1.82) is 0 Å². The Morgan fingerprint density at radius 1 is 1.39 bits per heavy atom. The zero-order chi connectivity index (χ0) is 16.2. The van der Waals surface area contributed by atoms with Crippen LogP contribution in [0.25, 0.3) is 0 Å². The summed E-state index contributed by atoms with van der Waals surface area (Å²) in [5.74, 6) is -0.570. The van der Waals surface area contributed by atoms with Crippen LogP contribution in [0.15, 0.2) is 30.5 Å². The highest BCUT2D eigenvalue weighted by Crippen LogP contribution is 2.17. The number of benzene rings is 1. The fraction of sp³-hybridized carbons (Fsp3) is 0.438. The number of hydrogen-bond acceptors (Lipinski definition) is 4. The van der Waals surface area contributed by atoms with E-state index in [2.05, 4.69) is 15.6 Å². The van der Waals surface area contributed by atoms with E-state index in [0.29, 0.717) is 11.3 Å². The molecule has 2 aromatic rings. The van der Waals surface area contributed by atoms with Crippen LogP contribution in [0.5, 0.6) is 0 Å². The van der Waals surface area contributed by atoms with Crippen LogP contribution < -0.4 is 5.32 Å². The molecule has 1 aliphatic heterocycles. The van der Waals surface area contributed by atoms with Crippen molar-refractivity contribution in [3.05, 3.63) is 47.5 Å². The van der Waals surface area contributed by atoms with Crippen molar-refractivity contribution >= 4 is 5.91 Å². The largest absolute Gasteiger partial charge is 0.336 e. The molecule has 7 heteroatoms. The molecule has 1 amide bonds. The monoisotopic (exact) mass is 317 g/mol. The summed E-state index contributed by atoms with van der Waals surface area (Å²) in [6.07, 6.45) is 3.64. The van der Waals surface area contributed by atoms with Gasteiger partial charge >= 0.3 is 0 Å². The number of nitrogens with zero attached hydrogens (tertiary/aromatic N) is 4. The van der Waals surface area contributed by atoms with Gasteiger partial charge in [-0.05, 0) is 32.0 Å². The van der Waals surface area contributed by atoms with E-state index in [9.17, 15) is 9.18 Å². The highest BCUT2D eigenvalue weighted by atomic mass is 19.1. The SMILES string of the molecule is CN(Cc1ccccc1F)C(=O)c1cn(C2CCNCC2)nn1. The molecule has 0 aliphatic carbocycles. The molecule has 1 aromatic heterocycles. The van der Waals surface area contributed by atoms with Gasteiger partial charge in [-0.3, -0.25) is 4.79 Å². The molecule has 0 bridgehead atoms. The lowest BCUT2D eigenvalue weighted by atomic mass is 10.1. The fourth-order valence-corrected chi connectivity index (χ4v) is 2.77. The molecule has 1 aliphatic rings. The summed E-state index contributed by atoms with van der Waals surface area (Å²) in [6.45, 7) is 2.09. The minimum Gasteiger partial charge on any atom is -0.336 e. The lowest BCUT2D eigenvalue weighted by molar-refractivity contribution is 0.0778. The van der Waals surface area contributed by atoms with Crippen LogP contribution in [0.1, 0.15) is 34.9 Å². The first-order valence-electron chi connectivity index (χ1n) is 7.76. The van der Waals surface area contributed by atoms with Crippen molar-refractivity contribution in [2.24, 2.45) is 0 Å². The standard InChI is InChI=1S/C16H20FN5O/c1-21(10-12-4-2-3-5-14(12)17)16(23)15-11-22(20-19-15)13-6-8-18-9-7-13/h2-5,11,13,18H,6-10H2,1H3. The van der Waals surface area contributed by atoms with Gasteiger partial charge < -0.3 is 10.2 Å². The number of nitrogens with one attached hydrogen (secondary N) is 1. The van der Waals surface area contributed by atoms with E-state index in [1.165, 1.54) is 11.0 Å². The summed E-state index contributed by atoms with van der Waals surface area (Å²) in [6, 6.07) is 6.73. The van der Waals surface area contributed by atoms with Gasteiger partial charge in [0.05, 0.1) is 12.2 Å². The Hall–Kier alpha value is -2.28. The molecule has 3 rings (SSSR count). The van der Waals surface area contributed by atoms with E-state index in [1.54, 1.807) is 36.1 Å². The van der Waals surface area contributed by atoms with E-state index in [-0.39, 0.29) is 24.3 Å². The van der Waals surface area contributed by atoms with Crippen molar-refractivity contribution in [3.8, 4) is 0 Å². The van der Waals surface area contributed by atoms with Crippen LogP contribution in [0.4, 0.5) is 4.39 Å². The van der Waals surface area contributed by atoms with Crippen LogP contribution in [0.2, 0.25) is 0 Å². The maximum Gasteiger partial charge on any atom is 0.276 e. The van der Waals surface area contributed by atoms with Gasteiger partial charge in [-0.1, -0.05) is 23.4 Å². The Bertz CT molecular complexity index is 681. The number of rotatable bonds is 4. The Balaban J connectivity index is 1.68. The zero-order valence-electron chi connectivity index (χ0n) is 13.1. The summed E-state index contributed by atoms with van der Waals surface area (Å²) in [5.41, 5.74) is 0.775. The van der Waals surface area contributed by atoms with Crippen LogP contribution in [0, 0.1) is 5.82 Å². The van der Waals surface area contributed by atoms with E-state index in [4.69, 9.17) is 0 Å². The quantitative estimate of drug-likeness (QED) is 0.931. The molecular formula is C16H20FN5O. The third-order valence-corrected chi connectivity index (χ3v) is 4.12. The molecule has 0 unspecified atom stereocenters. The van der Waals surface area contributed by atoms with E-state index in [1.807, 2.05) is 0 Å². The van der Waals surface area contributed by atoms with Crippen molar-refractivity contribution in [3.63, 3.8) is 0 Å². The van der Waals surface area contributed by atoms with Crippen LogP contribution in [-0.2, 0) is 6.54 Å². The second-order valence-electron chi connectivity index (χ2n) is 5.82. The van der Waals surface area contributed by atoms with Gasteiger partial charge in [-0.2, -0.15) is 0 Å². The fourth-order valence-electron chi connectivity index (χ4n) is 2.77. The Labute approximate surface area is 134 Å². The lowest BCUT2D eigenvalue weighted by Crippen LogP contribution is -2.29. The number of piperidine rings is 1. The van der Waals surface area contributed by atoms with Crippen LogP contribution in [0.3, 0.4) is 0 Å². The molecule has 6 nitrogen and oxygen atoms in total. The molecule has 1 N–H and O–H groups in total. The molecule has 2 heterocycles. The van der Waals surface area contributed by atoms with Gasteiger partial charge in [0.2, 0.25) is 0 Å². The highest BCUT2D eigenvalue weighted by Gasteiger charge is 2.21. The maximum atomic E-state index is 13.7. The molecule has 0 atom stereocenters. The first kappa shape index (κ1) is 15.6. The molecule has 1 aromatic carbocycles. The summed E-state index contributed by atoms with van der Waals surface area (Å²) in [5, 5.41) is 11.4. The third kappa shape index (κ3) is 3.56. The molecule has 0 saturated carbocycles. The minimum atomic E-state index is -0.314. The first-order valence-corrected chi connectivity index (χ1v) is 7.76. The molecule has 23 heavy (non-hydrogen) atoms. The average Bonchev–Trinajstić information content (AvgIpc) is 3.07. The van der Waals surface area contributed by atoms with E-state index in [0.717, 1.165) is 25.9 Å². The van der Waals surface area contributed by atoms with Gasteiger partial charge in [0, 0.05) is 19.2 Å². The zero-order valence-corrected chi connectivity index (χ0v) is 13.1. The van der Waals surface area contributed by atoms with Gasteiger partial charge in [0.25, 0.3) is 5.91 Å². The predicted octanol–water partition coefficient (Wildman–Crippen LogP) is 1.61. The summed E-state index contributed by atoms with van der Waals surface area (Å²) in [4.78, 5) is 13.9. The third-order valence-electron chi connectivity index (χ3n) is 4.12. The van der Waals surface area contributed by atoms with E-state index >= 15 is 0 Å². The number of halogens is 1. The van der Waals surface area contributed by atoms with E-state index < -0.39 is 0 Å². The number of aromatic nitrogens is 3. The average molecular weight is 317 g/mol. The Morgan fingerprint density at radius 2 is 2.13 bits per heavy atom. The Morgan fingerprint density at radius 3 is 2.87 bits per heavy atom. The molecule has 0 spiro atoms. The molecule has 1 saturated heterocycles. The Kier molecular flexibility index (Phi) is 4.66. The van der Waals surface area contributed by atoms with Crippen LogP contribution >= 0.6 is 0 Å². The molecule has 1 fully saturated rings. The van der Waals surface area contributed by atoms with Gasteiger partial charge in [0.15, 0.2) is 5.69 Å². The number of carbonyl (C=O) groups is 1. The van der Waals surface area contributed by atoms with Gasteiger partial charge in [0.1, 0.15) is 5.82 Å². The van der Waals surface area contributed by atoms with Crippen molar-refractivity contribution in [1.82, 2.24) is 25.2 Å². The highest BCUT2D eigenvalue weighted by molar-refractivity contribution is 5.91. The summed E-state index contributed by atoms with van der Waals surface area (Å²) in [7, 11) is 1.64. The smallest absolute Gasteiger partial charge is 0.276 e. The second kappa shape index (κ2) is 6.87. The number of carbonyl (C=O) groups excluding carboxylic acids is 1. The van der Waals surface area contributed by atoms with Crippen molar-refractivity contribution in [2.75, 3.05) is 20.1 Å². The summed E-state index contributed by atoms with van der Waals surface area (Å²) < 4.78 is 15.5. The number of hydrogen-bond donors (Lipinski definition) is 1. The van der Waals surface area contributed by atoms with Crippen LogP contribution in [-0.4, -0.2) is 45.9 Å². The summed E-state index contributed by atoms with van der Waals surface area (Å²) >= 11 is 0. The van der Waals surface area contributed by atoms with Crippen molar-refractivity contribution in [2.45, 2.75) is 25.4 Å². The number of amides is 1. The van der Waals surface area contributed by atoms with Crippen molar-refractivity contribution < 1.29 is 9.18 Å². The topological polar surface area (TPSA) is 63.1 Å². The molecular weight excluding hydrogens is 297 g/mol. The molecule has 122 valence electrons. The predicted molar refractivity (Wildman–Crippen MR) is 83.4 cm³/mol. The van der Waals surface area contributed by atoms with Gasteiger partial charge in [-0.25, -0.2) is 9.07 Å².